The highest BCUT2D eigenvalue weighted by Gasteiger charge is 2.22. The molecule has 1 fully saturated rings. The molecule has 4 heterocycles. The molecular weight excluding hydrogens is 480 g/mol. The monoisotopic (exact) mass is 501 g/mol. The van der Waals surface area contributed by atoms with Gasteiger partial charge >= 0.3 is 0 Å². The number of benzene rings is 1. The standard InChI is InChI=1S/C24H22Cl2FN5O2/c1-14(22-19(25)2-3-20(27)23(22)26)18-11-29-24-17(18)8-15(9-28-24)16-10-30-32(12-16)13-21(33)31-4-6-34-7-5-31/h2-3,8-12,14H,4-7,13H2,1H3,(H,28,29)/t14-/m0/s1. The van der Waals surface area contributed by atoms with Crippen LogP contribution in [0.4, 0.5) is 4.39 Å². The molecule has 176 valence electrons. The summed E-state index contributed by atoms with van der Waals surface area (Å²) >= 11 is 12.6. The molecule has 1 aliphatic rings. The van der Waals surface area contributed by atoms with Crippen LogP contribution in [0.15, 0.2) is 43.0 Å². The lowest BCUT2D eigenvalue weighted by molar-refractivity contribution is -0.136. The van der Waals surface area contributed by atoms with Crippen molar-refractivity contribution in [2.24, 2.45) is 0 Å². The van der Waals surface area contributed by atoms with Gasteiger partial charge in [-0.05, 0) is 29.3 Å². The van der Waals surface area contributed by atoms with E-state index in [-0.39, 0.29) is 23.4 Å². The number of carbonyl (C=O) groups excluding carboxylic acids is 1. The highest BCUT2D eigenvalue weighted by atomic mass is 35.5. The predicted molar refractivity (Wildman–Crippen MR) is 129 cm³/mol. The van der Waals surface area contributed by atoms with Gasteiger partial charge < -0.3 is 14.6 Å². The van der Waals surface area contributed by atoms with Crippen molar-refractivity contribution < 1.29 is 13.9 Å². The second-order valence-electron chi connectivity index (χ2n) is 8.26. The minimum atomic E-state index is -0.509. The molecule has 0 radical (unpaired) electrons. The lowest BCUT2D eigenvalue weighted by Gasteiger charge is -2.26. The minimum Gasteiger partial charge on any atom is -0.378 e. The Morgan fingerprint density at radius 2 is 2.03 bits per heavy atom. The zero-order valence-corrected chi connectivity index (χ0v) is 19.9. The van der Waals surface area contributed by atoms with Crippen LogP contribution in [0.25, 0.3) is 22.2 Å². The van der Waals surface area contributed by atoms with Crippen LogP contribution in [0.3, 0.4) is 0 Å². The number of fused-ring (bicyclic) bond motifs is 1. The van der Waals surface area contributed by atoms with Crippen LogP contribution >= 0.6 is 23.2 Å². The second kappa shape index (κ2) is 9.37. The molecule has 3 aromatic heterocycles. The molecule has 0 saturated carbocycles. The van der Waals surface area contributed by atoms with Gasteiger partial charge in [-0.3, -0.25) is 9.48 Å². The second-order valence-corrected chi connectivity index (χ2v) is 9.05. The van der Waals surface area contributed by atoms with Crippen molar-refractivity contribution in [3.8, 4) is 11.1 Å². The Hall–Kier alpha value is -2.94. The van der Waals surface area contributed by atoms with E-state index in [1.54, 1.807) is 22.0 Å². The molecule has 1 saturated heterocycles. The molecule has 10 heteroatoms. The molecule has 1 atom stereocenters. The van der Waals surface area contributed by atoms with E-state index in [1.165, 1.54) is 12.1 Å². The van der Waals surface area contributed by atoms with E-state index in [0.717, 1.165) is 22.1 Å². The van der Waals surface area contributed by atoms with Gasteiger partial charge in [-0.2, -0.15) is 5.10 Å². The Balaban J connectivity index is 1.43. The summed E-state index contributed by atoms with van der Waals surface area (Å²) in [6.45, 7) is 4.41. The summed E-state index contributed by atoms with van der Waals surface area (Å²) in [6.07, 6.45) is 7.14. The Bertz CT molecular complexity index is 1360. The Labute approximate surface area is 205 Å². The number of morpholine rings is 1. The largest absolute Gasteiger partial charge is 0.378 e. The van der Waals surface area contributed by atoms with Crippen LogP contribution in [-0.4, -0.2) is 56.9 Å². The van der Waals surface area contributed by atoms with Crippen LogP contribution in [-0.2, 0) is 16.1 Å². The van der Waals surface area contributed by atoms with Crippen LogP contribution in [0.5, 0.6) is 0 Å². The van der Waals surface area contributed by atoms with Crippen molar-refractivity contribution in [3.63, 3.8) is 0 Å². The molecule has 5 rings (SSSR count). The number of aromatic nitrogens is 4. The van der Waals surface area contributed by atoms with E-state index < -0.39 is 5.82 Å². The number of nitrogens with zero attached hydrogens (tertiary/aromatic N) is 4. The van der Waals surface area contributed by atoms with Crippen molar-refractivity contribution >= 4 is 40.1 Å². The number of ether oxygens (including phenoxy) is 1. The first kappa shape index (κ1) is 22.8. The maximum atomic E-state index is 14.1. The van der Waals surface area contributed by atoms with Gasteiger partial charge in [-0.15, -0.1) is 0 Å². The average molecular weight is 502 g/mol. The van der Waals surface area contributed by atoms with Gasteiger partial charge in [0.25, 0.3) is 0 Å². The number of hydrogen-bond acceptors (Lipinski definition) is 4. The third-order valence-corrected chi connectivity index (χ3v) is 6.88. The fraction of sp³-hybridized carbons (Fsp3) is 0.292. The van der Waals surface area contributed by atoms with Gasteiger partial charge in [-0.25, -0.2) is 9.37 Å². The molecule has 0 spiro atoms. The fourth-order valence-electron chi connectivity index (χ4n) is 4.29. The molecule has 1 aliphatic heterocycles. The van der Waals surface area contributed by atoms with E-state index in [4.69, 9.17) is 27.9 Å². The quantitative estimate of drug-likeness (QED) is 0.395. The molecule has 1 N–H and O–H groups in total. The summed E-state index contributed by atoms with van der Waals surface area (Å²) in [4.78, 5) is 22.0. The number of hydrogen-bond donors (Lipinski definition) is 1. The summed E-state index contributed by atoms with van der Waals surface area (Å²) in [5, 5.41) is 5.66. The van der Waals surface area contributed by atoms with Gasteiger partial charge in [0.1, 0.15) is 18.0 Å². The first-order valence-corrected chi connectivity index (χ1v) is 11.7. The summed E-state index contributed by atoms with van der Waals surface area (Å²) < 4.78 is 21.1. The van der Waals surface area contributed by atoms with Crippen LogP contribution in [0.1, 0.15) is 24.0 Å². The van der Waals surface area contributed by atoms with Crippen molar-refractivity contribution in [1.82, 2.24) is 24.6 Å². The van der Waals surface area contributed by atoms with Gasteiger partial charge in [0.05, 0.1) is 24.4 Å². The highest BCUT2D eigenvalue weighted by Crippen LogP contribution is 2.39. The summed E-state index contributed by atoms with van der Waals surface area (Å²) in [5.41, 5.74) is 3.81. The molecule has 34 heavy (non-hydrogen) atoms. The van der Waals surface area contributed by atoms with E-state index in [0.29, 0.717) is 42.5 Å². The van der Waals surface area contributed by atoms with E-state index in [9.17, 15) is 9.18 Å². The van der Waals surface area contributed by atoms with Gasteiger partial charge in [0.15, 0.2) is 0 Å². The van der Waals surface area contributed by atoms with Crippen molar-refractivity contribution in [1.29, 1.82) is 0 Å². The lowest BCUT2D eigenvalue weighted by Crippen LogP contribution is -2.42. The average Bonchev–Trinajstić information content (AvgIpc) is 3.49. The number of H-pyrrole nitrogens is 1. The van der Waals surface area contributed by atoms with Crippen LogP contribution in [0, 0.1) is 5.82 Å². The summed E-state index contributed by atoms with van der Waals surface area (Å²) in [7, 11) is 0. The first-order valence-electron chi connectivity index (χ1n) is 10.9. The smallest absolute Gasteiger partial charge is 0.244 e. The number of halogens is 3. The third-order valence-electron chi connectivity index (χ3n) is 6.17. The molecular formula is C24H22Cl2FN5O2. The SMILES string of the molecule is C[C@H](c1c(Cl)ccc(F)c1Cl)c1c[nH]c2ncc(-c3cnn(CC(=O)N4CCOCC4)c3)cc12. The van der Waals surface area contributed by atoms with Gasteiger partial charge in [0.2, 0.25) is 5.91 Å². The van der Waals surface area contributed by atoms with E-state index in [2.05, 4.69) is 15.1 Å². The maximum Gasteiger partial charge on any atom is 0.244 e. The first-order chi connectivity index (χ1) is 16.4. The Morgan fingerprint density at radius 1 is 1.24 bits per heavy atom. The van der Waals surface area contributed by atoms with Crippen LogP contribution in [0.2, 0.25) is 10.0 Å². The topological polar surface area (TPSA) is 76.0 Å². The number of carbonyl (C=O) groups is 1. The fourth-order valence-corrected chi connectivity index (χ4v) is 4.98. The molecule has 0 unspecified atom stereocenters. The molecule has 0 aliphatic carbocycles. The Morgan fingerprint density at radius 3 is 2.82 bits per heavy atom. The number of nitrogens with one attached hydrogen (secondary N) is 1. The van der Waals surface area contributed by atoms with Crippen molar-refractivity contribution in [3.05, 3.63) is 70.0 Å². The minimum absolute atomic E-state index is 0.0112. The molecule has 4 aromatic rings. The zero-order chi connectivity index (χ0) is 23.8. The van der Waals surface area contributed by atoms with E-state index in [1.807, 2.05) is 25.4 Å². The molecule has 0 bridgehead atoms. The third kappa shape index (κ3) is 4.29. The number of pyridine rings is 1. The molecule has 1 aromatic carbocycles. The maximum absolute atomic E-state index is 14.1. The van der Waals surface area contributed by atoms with Crippen molar-refractivity contribution in [2.75, 3.05) is 26.3 Å². The zero-order valence-electron chi connectivity index (χ0n) is 18.4. The van der Waals surface area contributed by atoms with Crippen molar-refractivity contribution in [2.45, 2.75) is 19.4 Å². The normalized spacial score (nSPS) is 15.1. The van der Waals surface area contributed by atoms with Crippen LogP contribution < -0.4 is 0 Å². The number of amides is 1. The number of rotatable bonds is 5. The number of aromatic amines is 1. The highest BCUT2D eigenvalue weighted by molar-refractivity contribution is 6.36. The lowest BCUT2D eigenvalue weighted by atomic mass is 9.92. The molecule has 7 nitrogen and oxygen atoms in total. The van der Waals surface area contributed by atoms with Gasteiger partial charge in [0, 0.05) is 59.1 Å². The Kier molecular flexibility index (Phi) is 6.29. The molecule has 1 amide bonds. The van der Waals surface area contributed by atoms with Gasteiger partial charge in [-0.1, -0.05) is 30.1 Å². The predicted octanol–water partition coefficient (Wildman–Crippen LogP) is 4.88. The summed E-state index contributed by atoms with van der Waals surface area (Å²) in [6, 6.07) is 4.77. The summed E-state index contributed by atoms with van der Waals surface area (Å²) in [5.74, 6) is -0.766. The van der Waals surface area contributed by atoms with E-state index >= 15 is 0 Å².